The van der Waals surface area contributed by atoms with Crippen LogP contribution in [0.4, 0.5) is 0 Å². The van der Waals surface area contributed by atoms with E-state index in [2.05, 4.69) is 0 Å². The van der Waals surface area contributed by atoms with Crippen LogP contribution < -0.4 is 10.5 Å². The zero-order valence-electron chi connectivity index (χ0n) is 11.2. The molecule has 0 radical (unpaired) electrons. The van der Waals surface area contributed by atoms with E-state index in [0.717, 1.165) is 16.9 Å². The average Bonchev–Trinajstić information content (AvgIpc) is 2.45. The number of carbonyl (C=O) groups is 1. The number of carboxylic acid groups (broad SMARTS) is 1. The Bertz CT molecular complexity index is 591. The minimum absolute atomic E-state index is 0.0967. The molecule has 0 saturated heterocycles. The van der Waals surface area contributed by atoms with Crippen LogP contribution in [0.15, 0.2) is 48.5 Å². The van der Waals surface area contributed by atoms with Gasteiger partial charge in [-0.3, -0.25) is 0 Å². The highest BCUT2D eigenvalue weighted by Gasteiger charge is 2.07. The number of benzene rings is 2. The fraction of sp³-hybridized carbons (Fsp3) is 0.188. The molecule has 3 N–H and O–H groups in total. The van der Waals surface area contributed by atoms with Gasteiger partial charge < -0.3 is 15.6 Å². The van der Waals surface area contributed by atoms with Crippen LogP contribution in [-0.4, -0.2) is 11.1 Å². The van der Waals surface area contributed by atoms with Crippen LogP contribution in [-0.2, 0) is 6.61 Å². The third-order valence-corrected chi connectivity index (χ3v) is 3.00. The Labute approximate surface area is 117 Å². The molecule has 0 spiro atoms. The number of para-hydroxylation sites is 1. The molecule has 0 aliphatic carbocycles. The first-order chi connectivity index (χ1) is 9.58. The Morgan fingerprint density at radius 1 is 1.20 bits per heavy atom. The summed E-state index contributed by atoms with van der Waals surface area (Å²) in [6.07, 6.45) is 0. The molecule has 0 aromatic heterocycles. The van der Waals surface area contributed by atoms with Crippen molar-refractivity contribution in [3.05, 3.63) is 65.2 Å². The molecule has 0 aliphatic rings. The van der Waals surface area contributed by atoms with Crippen molar-refractivity contribution >= 4 is 5.97 Å². The summed E-state index contributed by atoms with van der Waals surface area (Å²) in [6, 6.07) is 14.2. The van der Waals surface area contributed by atoms with E-state index < -0.39 is 5.97 Å². The van der Waals surface area contributed by atoms with Crippen LogP contribution in [0.2, 0.25) is 0 Å². The van der Waals surface area contributed by atoms with Crippen LogP contribution in [0, 0.1) is 0 Å². The van der Waals surface area contributed by atoms with Gasteiger partial charge in [-0.25, -0.2) is 4.79 Å². The highest BCUT2D eigenvalue weighted by atomic mass is 16.5. The zero-order valence-corrected chi connectivity index (χ0v) is 11.2. The van der Waals surface area contributed by atoms with E-state index in [9.17, 15) is 4.79 Å². The number of nitrogens with two attached hydrogens (primary N) is 1. The first-order valence-corrected chi connectivity index (χ1v) is 6.37. The summed E-state index contributed by atoms with van der Waals surface area (Å²) >= 11 is 0. The lowest BCUT2D eigenvalue weighted by molar-refractivity contribution is 0.0697. The molecule has 2 aromatic carbocycles. The van der Waals surface area contributed by atoms with Crippen molar-refractivity contribution in [2.24, 2.45) is 5.73 Å². The maximum Gasteiger partial charge on any atom is 0.335 e. The summed E-state index contributed by atoms with van der Waals surface area (Å²) < 4.78 is 5.76. The van der Waals surface area contributed by atoms with Crippen LogP contribution in [0.5, 0.6) is 5.75 Å². The van der Waals surface area contributed by atoms with Gasteiger partial charge in [0.05, 0.1) is 5.56 Å². The normalized spacial score (nSPS) is 11.9. The maximum atomic E-state index is 10.8. The highest BCUT2D eigenvalue weighted by Crippen LogP contribution is 2.24. The second kappa shape index (κ2) is 6.21. The van der Waals surface area contributed by atoms with Gasteiger partial charge in [-0.1, -0.05) is 30.3 Å². The van der Waals surface area contributed by atoms with E-state index in [-0.39, 0.29) is 11.6 Å². The fourth-order valence-corrected chi connectivity index (χ4v) is 1.89. The molecule has 0 bridgehead atoms. The van der Waals surface area contributed by atoms with Gasteiger partial charge in [0.1, 0.15) is 12.4 Å². The van der Waals surface area contributed by atoms with Gasteiger partial charge in [0.2, 0.25) is 0 Å². The summed E-state index contributed by atoms with van der Waals surface area (Å²) in [7, 11) is 0. The lowest BCUT2D eigenvalue weighted by Crippen LogP contribution is -2.08. The summed E-state index contributed by atoms with van der Waals surface area (Å²) in [6.45, 7) is 2.29. The van der Waals surface area contributed by atoms with Crippen molar-refractivity contribution in [2.45, 2.75) is 19.6 Å². The second-order valence-corrected chi connectivity index (χ2v) is 4.62. The van der Waals surface area contributed by atoms with Crippen LogP contribution in [0.25, 0.3) is 0 Å². The minimum Gasteiger partial charge on any atom is -0.489 e. The van der Waals surface area contributed by atoms with E-state index in [4.69, 9.17) is 15.6 Å². The molecule has 0 amide bonds. The number of hydrogen-bond donors (Lipinski definition) is 2. The summed E-state index contributed by atoms with van der Waals surface area (Å²) in [5.41, 5.74) is 8.02. The molecule has 20 heavy (non-hydrogen) atoms. The molecule has 104 valence electrons. The van der Waals surface area contributed by atoms with E-state index >= 15 is 0 Å². The Kier molecular flexibility index (Phi) is 4.38. The number of carboxylic acids is 1. The molecular formula is C16H17NO3. The molecule has 0 heterocycles. The van der Waals surface area contributed by atoms with Crippen LogP contribution in [0.3, 0.4) is 0 Å². The lowest BCUT2D eigenvalue weighted by atomic mass is 10.1. The molecule has 4 nitrogen and oxygen atoms in total. The molecule has 0 saturated carbocycles. The highest BCUT2D eigenvalue weighted by molar-refractivity contribution is 5.87. The predicted molar refractivity (Wildman–Crippen MR) is 76.8 cm³/mol. The number of aromatic carboxylic acids is 1. The summed E-state index contributed by atoms with van der Waals surface area (Å²) in [5, 5.41) is 8.84. The summed E-state index contributed by atoms with van der Waals surface area (Å²) in [5.74, 6) is -0.176. The molecule has 0 unspecified atom stereocenters. The molecule has 2 aromatic rings. The molecular weight excluding hydrogens is 254 g/mol. The number of rotatable bonds is 5. The Balaban J connectivity index is 2.07. The van der Waals surface area contributed by atoms with E-state index in [1.54, 1.807) is 24.3 Å². The number of hydrogen-bond acceptors (Lipinski definition) is 3. The largest absolute Gasteiger partial charge is 0.489 e. The Hall–Kier alpha value is -2.33. The second-order valence-electron chi connectivity index (χ2n) is 4.62. The molecule has 0 fully saturated rings. The molecule has 1 atom stereocenters. The van der Waals surface area contributed by atoms with E-state index in [1.165, 1.54) is 0 Å². The van der Waals surface area contributed by atoms with E-state index in [1.807, 2.05) is 31.2 Å². The van der Waals surface area contributed by atoms with Crippen molar-refractivity contribution in [1.29, 1.82) is 0 Å². The molecule has 4 heteroatoms. The molecule has 0 aliphatic heterocycles. The van der Waals surface area contributed by atoms with Crippen molar-refractivity contribution in [1.82, 2.24) is 0 Å². The third kappa shape index (κ3) is 3.36. The van der Waals surface area contributed by atoms with Crippen molar-refractivity contribution in [2.75, 3.05) is 0 Å². The summed E-state index contributed by atoms with van der Waals surface area (Å²) in [4.78, 5) is 10.8. The van der Waals surface area contributed by atoms with Gasteiger partial charge in [-0.2, -0.15) is 0 Å². The first-order valence-electron chi connectivity index (χ1n) is 6.37. The zero-order chi connectivity index (χ0) is 14.5. The van der Waals surface area contributed by atoms with E-state index in [0.29, 0.717) is 6.61 Å². The maximum absolute atomic E-state index is 10.8. The van der Waals surface area contributed by atoms with Gasteiger partial charge in [0.15, 0.2) is 0 Å². The van der Waals surface area contributed by atoms with Crippen molar-refractivity contribution in [3.63, 3.8) is 0 Å². The van der Waals surface area contributed by atoms with Gasteiger partial charge in [0, 0.05) is 11.6 Å². The first kappa shape index (κ1) is 14.1. The monoisotopic (exact) mass is 271 g/mol. The third-order valence-electron chi connectivity index (χ3n) is 3.00. The predicted octanol–water partition coefficient (Wildman–Crippen LogP) is 2.98. The van der Waals surface area contributed by atoms with Crippen molar-refractivity contribution in [3.8, 4) is 5.75 Å². The smallest absolute Gasteiger partial charge is 0.335 e. The SMILES string of the molecule is C[C@@H](N)c1ccccc1OCc1ccc(C(=O)O)cc1. The lowest BCUT2D eigenvalue weighted by Gasteiger charge is -2.13. The molecule has 2 rings (SSSR count). The van der Waals surface area contributed by atoms with Crippen molar-refractivity contribution < 1.29 is 14.6 Å². The van der Waals surface area contributed by atoms with Gasteiger partial charge in [-0.15, -0.1) is 0 Å². The van der Waals surface area contributed by atoms with Gasteiger partial charge in [-0.05, 0) is 30.7 Å². The number of ether oxygens (including phenoxy) is 1. The quantitative estimate of drug-likeness (QED) is 0.876. The average molecular weight is 271 g/mol. The Morgan fingerprint density at radius 3 is 2.45 bits per heavy atom. The fourth-order valence-electron chi connectivity index (χ4n) is 1.89. The van der Waals surface area contributed by atoms with Crippen LogP contribution in [0.1, 0.15) is 34.5 Å². The van der Waals surface area contributed by atoms with Crippen LogP contribution >= 0.6 is 0 Å². The Morgan fingerprint density at radius 2 is 1.85 bits per heavy atom. The standard InChI is InChI=1S/C16H17NO3/c1-11(17)14-4-2-3-5-15(14)20-10-12-6-8-13(9-7-12)16(18)19/h2-9,11H,10,17H2,1H3,(H,18,19)/t11-/m1/s1. The topological polar surface area (TPSA) is 72.5 Å². The minimum atomic E-state index is -0.931. The van der Waals surface area contributed by atoms with Gasteiger partial charge in [0.25, 0.3) is 0 Å². The van der Waals surface area contributed by atoms with Gasteiger partial charge >= 0.3 is 5.97 Å².